The Hall–Kier alpha value is -1.46. The first-order valence-corrected chi connectivity index (χ1v) is 7.33. The molecule has 1 heterocycles. The Balaban J connectivity index is 1.78. The van der Waals surface area contributed by atoms with Crippen molar-refractivity contribution in [1.29, 1.82) is 0 Å². The van der Waals surface area contributed by atoms with E-state index >= 15 is 0 Å². The molecule has 0 aromatic heterocycles. The van der Waals surface area contributed by atoms with Crippen LogP contribution in [-0.4, -0.2) is 30.1 Å². The highest BCUT2D eigenvalue weighted by Gasteiger charge is 2.15. The summed E-state index contributed by atoms with van der Waals surface area (Å²) in [7, 11) is 0. The van der Waals surface area contributed by atoms with Gasteiger partial charge in [0.05, 0.1) is 11.8 Å². The van der Waals surface area contributed by atoms with Gasteiger partial charge in [0.2, 0.25) is 0 Å². The van der Waals surface area contributed by atoms with Crippen LogP contribution in [0.1, 0.15) is 30.9 Å². The lowest BCUT2D eigenvalue weighted by Crippen LogP contribution is -2.37. The largest absolute Gasteiger partial charge is 0.376 e. The number of rotatable bonds is 4. The van der Waals surface area contributed by atoms with Gasteiger partial charge < -0.3 is 10.1 Å². The lowest BCUT2D eigenvalue weighted by molar-refractivity contribution is 0.114. The number of hydrogen-bond acceptors (Lipinski definition) is 3. The second kappa shape index (κ2) is 7.36. The van der Waals surface area contributed by atoms with E-state index in [4.69, 9.17) is 17.0 Å². The van der Waals surface area contributed by atoms with Gasteiger partial charge in [-0.05, 0) is 44.5 Å². The van der Waals surface area contributed by atoms with E-state index < -0.39 is 0 Å². The van der Waals surface area contributed by atoms with Gasteiger partial charge in [-0.1, -0.05) is 29.8 Å². The molecule has 1 aromatic carbocycles. The topological polar surface area (TPSA) is 45.7 Å². The standard InChI is InChI=1S/C15H21N3OS/c1-11-5-7-13(8-6-11)12(2)17-18-15(20)16-10-14-4-3-9-19-14/h5-8,14H,3-4,9-10H2,1-2H3,(H2,16,18,20)/b17-12-/t14-/m0/s1. The van der Waals surface area contributed by atoms with Gasteiger partial charge in [-0.15, -0.1) is 0 Å². The van der Waals surface area contributed by atoms with Gasteiger partial charge in [-0.3, -0.25) is 5.43 Å². The van der Waals surface area contributed by atoms with Crippen LogP contribution in [0.4, 0.5) is 0 Å². The predicted molar refractivity (Wildman–Crippen MR) is 86.1 cm³/mol. The van der Waals surface area contributed by atoms with Crippen molar-refractivity contribution in [2.45, 2.75) is 32.8 Å². The van der Waals surface area contributed by atoms with Crippen LogP contribution in [0.3, 0.4) is 0 Å². The van der Waals surface area contributed by atoms with E-state index in [1.165, 1.54) is 5.56 Å². The van der Waals surface area contributed by atoms with Crippen molar-refractivity contribution in [2.75, 3.05) is 13.2 Å². The fourth-order valence-electron chi connectivity index (χ4n) is 2.05. The number of nitrogens with zero attached hydrogens (tertiary/aromatic N) is 1. The molecule has 1 aliphatic rings. The smallest absolute Gasteiger partial charge is 0.187 e. The van der Waals surface area contributed by atoms with Crippen molar-refractivity contribution in [2.24, 2.45) is 5.10 Å². The molecule has 1 saturated heterocycles. The second-order valence-corrected chi connectivity index (χ2v) is 5.43. The molecule has 2 N–H and O–H groups in total. The zero-order chi connectivity index (χ0) is 14.4. The molecule has 2 rings (SSSR count). The minimum atomic E-state index is 0.275. The zero-order valence-corrected chi connectivity index (χ0v) is 12.8. The molecule has 1 atom stereocenters. The Morgan fingerprint density at radius 3 is 2.80 bits per heavy atom. The van der Waals surface area contributed by atoms with Gasteiger partial charge in [0, 0.05) is 13.2 Å². The highest BCUT2D eigenvalue weighted by molar-refractivity contribution is 7.80. The van der Waals surface area contributed by atoms with Crippen LogP contribution >= 0.6 is 12.2 Å². The lowest BCUT2D eigenvalue weighted by Gasteiger charge is -2.12. The average molecular weight is 291 g/mol. The summed E-state index contributed by atoms with van der Waals surface area (Å²) < 4.78 is 5.52. The van der Waals surface area contributed by atoms with Crippen molar-refractivity contribution in [3.63, 3.8) is 0 Å². The number of aryl methyl sites for hydroxylation is 1. The summed E-state index contributed by atoms with van der Waals surface area (Å²) in [6.07, 6.45) is 2.51. The quantitative estimate of drug-likeness (QED) is 0.508. The molecule has 0 amide bonds. The Morgan fingerprint density at radius 1 is 1.40 bits per heavy atom. The number of benzene rings is 1. The maximum atomic E-state index is 5.52. The third kappa shape index (κ3) is 4.58. The van der Waals surface area contributed by atoms with Crippen molar-refractivity contribution in [3.8, 4) is 0 Å². The first-order chi connectivity index (χ1) is 9.65. The monoisotopic (exact) mass is 291 g/mol. The molecule has 4 nitrogen and oxygen atoms in total. The maximum absolute atomic E-state index is 5.52. The van der Waals surface area contributed by atoms with E-state index in [1.807, 2.05) is 6.92 Å². The molecule has 0 radical (unpaired) electrons. The number of hydrazone groups is 1. The molecule has 1 fully saturated rings. The molecule has 1 aromatic rings. The Morgan fingerprint density at radius 2 is 2.15 bits per heavy atom. The van der Waals surface area contributed by atoms with E-state index in [0.29, 0.717) is 5.11 Å². The van der Waals surface area contributed by atoms with Crippen molar-refractivity contribution in [3.05, 3.63) is 35.4 Å². The number of ether oxygens (including phenoxy) is 1. The summed E-state index contributed by atoms with van der Waals surface area (Å²) >= 11 is 5.19. The number of thiocarbonyl (C=S) groups is 1. The maximum Gasteiger partial charge on any atom is 0.187 e. The van der Waals surface area contributed by atoms with E-state index in [1.54, 1.807) is 0 Å². The molecule has 0 bridgehead atoms. The van der Waals surface area contributed by atoms with Crippen LogP contribution in [0.15, 0.2) is 29.4 Å². The van der Waals surface area contributed by atoms with Gasteiger partial charge in [0.1, 0.15) is 0 Å². The molecule has 0 spiro atoms. The molecule has 0 unspecified atom stereocenters. The predicted octanol–water partition coefficient (Wildman–Crippen LogP) is 2.36. The van der Waals surface area contributed by atoms with Gasteiger partial charge in [0.15, 0.2) is 5.11 Å². The second-order valence-electron chi connectivity index (χ2n) is 5.02. The normalized spacial score (nSPS) is 18.9. The van der Waals surface area contributed by atoms with Gasteiger partial charge >= 0.3 is 0 Å². The summed E-state index contributed by atoms with van der Waals surface area (Å²) in [5.74, 6) is 0. The molecular formula is C15H21N3OS. The molecular weight excluding hydrogens is 270 g/mol. The van der Waals surface area contributed by atoms with Crippen LogP contribution in [0.2, 0.25) is 0 Å². The van der Waals surface area contributed by atoms with Crippen molar-refractivity contribution < 1.29 is 4.74 Å². The third-order valence-electron chi connectivity index (χ3n) is 3.31. The summed E-state index contributed by atoms with van der Waals surface area (Å²) in [5, 5.41) is 7.95. The van der Waals surface area contributed by atoms with Crippen LogP contribution in [-0.2, 0) is 4.74 Å². The van der Waals surface area contributed by atoms with Crippen LogP contribution < -0.4 is 10.7 Å². The Kier molecular flexibility index (Phi) is 5.49. The van der Waals surface area contributed by atoms with E-state index in [0.717, 1.165) is 37.3 Å². The van der Waals surface area contributed by atoms with E-state index in [2.05, 4.69) is 47.0 Å². The fraction of sp³-hybridized carbons (Fsp3) is 0.467. The first-order valence-electron chi connectivity index (χ1n) is 6.92. The molecule has 0 aliphatic carbocycles. The minimum absolute atomic E-state index is 0.275. The summed E-state index contributed by atoms with van der Waals surface area (Å²) in [5.41, 5.74) is 6.11. The lowest BCUT2D eigenvalue weighted by atomic mass is 10.1. The highest BCUT2D eigenvalue weighted by Crippen LogP contribution is 2.10. The Bertz CT molecular complexity index is 478. The van der Waals surface area contributed by atoms with Crippen molar-refractivity contribution in [1.82, 2.24) is 10.7 Å². The summed E-state index contributed by atoms with van der Waals surface area (Å²) in [6, 6.07) is 8.25. The van der Waals surface area contributed by atoms with Crippen LogP contribution in [0.5, 0.6) is 0 Å². The summed E-state index contributed by atoms with van der Waals surface area (Å²) in [6.45, 7) is 5.63. The first kappa shape index (κ1) is 14.9. The van der Waals surface area contributed by atoms with E-state index in [-0.39, 0.29) is 6.10 Å². The molecule has 108 valence electrons. The Labute approximate surface area is 125 Å². The van der Waals surface area contributed by atoms with Gasteiger partial charge in [0.25, 0.3) is 0 Å². The number of hydrogen-bond donors (Lipinski definition) is 2. The minimum Gasteiger partial charge on any atom is -0.376 e. The average Bonchev–Trinajstić information content (AvgIpc) is 2.96. The van der Waals surface area contributed by atoms with E-state index in [9.17, 15) is 0 Å². The van der Waals surface area contributed by atoms with Crippen LogP contribution in [0, 0.1) is 6.92 Å². The summed E-state index contributed by atoms with van der Waals surface area (Å²) in [4.78, 5) is 0. The van der Waals surface area contributed by atoms with Crippen LogP contribution in [0.25, 0.3) is 0 Å². The highest BCUT2D eigenvalue weighted by atomic mass is 32.1. The fourth-order valence-corrected chi connectivity index (χ4v) is 2.17. The van der Waals surface area contributed by atoms with Gasteiger partial charge in [-0.25, -0.2) is 0 Å². The third-order valence-corrected chi connectivity index (χ3v) is 3.54. The molecule has 1 aliphatic heterocycles. The molecule has 20 heavy (non-hydrogen) atoms. The number of nitrogens with one attached hydrogen (secondary N) is 2. The zero-order valence-electron chi connectivity index (χ0n) is 12.0. The SMILES string of the molecule is C/C(=N/NC(=S)NC[C@@H]1CCCO1)c1ccc(C)cc1. The van der Waals surface area contributed by atoms with Gasteiger partial charge in [-0.2, -0.15) is 5.10 Å². The molecule has 5 heteroatoms. The molecule has 0 saturated carbocycles. The van der Waals surface area contributed by atoms with Crippen molar-refractivity contribution >= 4 is 23.0 Å².